The Morgan fingerprint density at radius 2 is 1.95 bits per heavy atom. The molecule has 0 aliphatic heterocycles. The molecule has 118 valence electrons. The molecule has 2 atom stereocenters. The maximum Gasteiger partial charge on any atom is 0.324 e. The van der Waals surface area contributed by atoms with Gasteiger partial charge in [0.25, 0.3) is 0 Å². The van der Waals surface area contributed by atoms with Gasteiger partial charge >= 0.3 is 12.0 Å². The van der Waals surface area contributed by atoms with Gasteiger partial charge in [0, 0.05) is 6.54 Å². The Kier molecular flexibility index (Phi) is 5.59. The fraction of sp³-hybridized carbons (Fsp3) is 0.800. The predicted molar refractivity (Wildman–Crippen MR) is 81.8 cm³/mol. The first-order chi connectivity index (χ1) is 10.1. The second-order valence-electron chi connectivity index (χ2n) is 5.93. The first kappa shape index (κ1) is 15.8. The minimum Gasteiger partial charge on any atom is -0.461 e. The first-order valence-electron chi connectivity index (χ1n) is 7.90. The quantitative estimate of drug-likeness (QED) is 0.869. The molecule has 1 fully saturated rings. The second-order valence-corrected chi connectivity index (χ2v) is 5.93. The lowest BCUT2D eigenvalue weighted by Crippen LogP contribution is -2.25. The SMILES string of the molecule is CCNc1nc(OC(C)C)nc(OC2CCCC(C)C2)n1. The number of rotatable bonds is 6. The molecule has 6 nitrogen and oxygen atoms in total. The van der Waals surface area contributed by atoms with Gasteiger partial charge in [0.05, 0.1) is 6.10 Å². The second kappa shape index (κ2) is 7.43. The monoisotopic (exact) mass is 294 g/mol. The summed E-state index contributed by atoms with van der Waals surface area (Å²) in [5.41, 5.74) is 0. The molecule has 0 bridgehead atoms. The van der Waals surface area contributed by atoms with E-state index in [9.17, 15) is 0 Å². The van der Waals surface area contributed by atoms with Crippen molar-refractivity contribution in [1.82, 2.24) is 15.0 Å². The summed E-state index contributed by atoms with van der Waals surface area (Å²) in [7, 11) is 0. The van der Waals surface area contributed by atoms with Gasteiger partial charge < -0.3 is 14.8 Å². The molecule has 2 rings (SSSR count). The summed E-state index contributed by atoms with van der Waals surface area (Å²) in [5.74, 6) is 1.20. The van der Waals surface area contributed by atoms with Crippen LogP contribution in [-0.4, -0.2) is 33.7 Å². The Hall–Kier alpha value is -1.59. The van der Waals surface area contributed by atoms with Crippen LogP contribution in [-0.2, 0) is 0 Å². The fourth-order valence-corrected chi connectivity index (χ4v) is 2.53. The Morgan fingerprint density at radius 1 is 1.19 bits per heavy atom. The van der Waals surface area contributed by atoms with Crippen LogP contribution in [0.5, 0.6) is 12.0 Å². The highest BCUT2D eigenvalue weighted by Gasteiger charge is 2.22. The number of nitrogens with zero attached hydrogens (tertiary/aromatic N) is 3. The van der Waals surface area contributed by atoms with Crippen molar-refractivity contribution in [3.63, 3.8) is 0 Å². The van der Waals surface area contributed by atoms with Crippen molar-refractivity contribution in [3.05, 3.63) is 0 Å². The van der Waals surface area contributed by atoms with Gasteiger partial charge in [-0.2, -0.15) is 9.97 Å². The average Bonchev–Trinajstić information content (AvgIpc) is 2.37. The topological polar surface area (TPSA) is 69.2 Å². The first-order valence-corrected chi connectivity index (χ1v) is 7.90. The van der Waals surface area contributed by atoms with Gasteiger partial charge in [-0.25, -0.2) is 0 Å². The third-order valence-corrected chi connectivity index (χ3v) is 3.43. The van der Waals surface area contributed by atoms with Crippen LogP contribution in [0.4, 0.5) is 5.95 Å². The smallest absolute Gasteiger partial charge is 0.324 e. The summed E-state index contributed by atoms with van der Waals surface area (Å²) in [5, 5.41) is 3.09. The number of nitrogens with one attached hydrogen (secondary N) is 1. The van der Waals surface area contributed by atoms with Crippen LogP contribution >= 0.6 is 0 Å². The van der Waals surface area contributed by atoms with Gasteiger partial charge in [0.15, 0.2) is 0 Å². The van der Waals surface area contributed by atoms with Crippen molar-refractivity contribution in [2.45, 2.75) is 65.6 Å². The molecule has 1 aliphatic carbocycles. The Morgan fingerprint density at radius 3 is 2.62 bits per heavy atom. The van der Waals surface area contributed by atoms with E-state index in [1.54, 1.807) is 0 Å². The van der Waals surface area contributed by atoms with Crippen molar-refractivity contribution in [2.24, 2.45) is 5.92 Å². The normalized spacial score (nSPS) is 22.1. The van der Waals surface area contributed by atoms with E-state index in [4.69, 9.17) is 9.47 Å². The van der Waals surface area contributed by atoms with E-state index in [1.807, 2.05) is 20.8 Å². The van der Waals surface area contributed by atoms with E-state index >= 15 is 0 Å². The zero-order valence-electron chi connectivity index (χ0n) is 13.4. The van der Waals surface area contributed by atoms with E-state index in [0.29, 0.717) is 23.9 Å². The molecule has 21 heavy (non-hydrogen) atoms. The lowest BCUT2D eigenvalue weighted by atomic mass is 9.89. The molecular weight excluding hydrogens is 268 g/mol. The highest BCUT2D eigenvalue weighted by Crippen LogP contribution is 2.27. The molecule has 0 radical (unpaired) electrons. The Bertz CT molecular complexity index is 453. The van der Waals surface area contributed by atoms with Gasteiger partial charge in [0.1, 0.15) is 6.10 Å². The van der Waals surface area contributed by atoms with Gasteiger partial charge in [-0.05, 0) is 46.0 Å². The highest BCUT2D eigenvalue weighted by molar-refractivity contribution is 5.27. The molecule has 1 heterocycles. The van der Waals surface area contributed by atoms with E-state index in [0.717, 1.165) is 19.4 Å². The molecule has 1 N–H and O–H groups in total. The van der Waals surface area contributed by atoms with Crippen molar-refractivity contribution in [2.75, 3.05) is 11.9 Å². The van der Waals surface area contributed by atoms with Crippen LogP contribution in [0.1, 0.15) is 53.4 Å². The lowest BCUT2D eigenvalue weighted by molar-refractivity contribution is 0.115. The fourth-order valence-electron chi connectivity index (χ4n) is 2.53. The van der Waals surface area contributed by atoms with Gasteiger partial charge in [-0.15, -0.1) is 4.98 Å². The molecule has 0 amide bonds. The summed E-state index contributed by atoms with van der Waals surface area (Å²) in [6.07, 6.45) is 4.81. The van der Waals surface area contributed by atoms with E-state index in [1.165, 1.54) is 12.8 Å². The number of aromatic nitrogens is 3. The summed E-state index contributed by atoms with van der Waals surface area (Å²) >= 11 is 0. The summed E-state index contributed by atoms with van der Waals surface area (Å²) in [6, 6.07) is 0.672. The summed E-state index contributed by atoms with van der Waals surface area (Å²) in [6.45, 7) is 8.89. The molecule has 2 unspecified atom stereocenters. The lowest BCUT2D eigenvalue weighted by Gasteiger charge is -2.26. The van der Waals surface area contributed by atoms with Crippen LogP contribution in [0, 0.1) is 5.92 Å². The van der Waals surface area contributed by atoms with Gasteiger partial charge in [0.2, 0.25) is 5.95 Å². The highest BCUT2D eigenvalue weighted by atomic mass is 16.5. The third kappa shape index (κ3) is 5.02. The number of hydrogen-bond acceptors (Lipinski definition) is 6. The molecule has 1 aromatic rings. The van der Waals surface area contributed by atoms with Crippen molar-refractivity contribution in [1.29, 1.82) is 0 Å². The molecule has 6 heteroatoms. The van der Waals surface area contributed by atoms with Crippen LogP contribution in [0.3, 0.4) is 0 Å². The van der Waals surface area contributed by atoms with Gasteiger partial charge in [-0.1, -0.05) is 13.3 Å². The van der Waals surface area contributed by atoms with Gasteiger partial charge in [-0.3, -0.25) is 0 Å². The largest absolute Gasteiger partial charge is 0.461 e. The minimum absolute atomic E-state index is 0.0180. The zero-order valence-corrected chi connectivity index (χ0v) is 13.4. The third-order valence-electron chi connectivity index (χ3n) is 3.43. The standard InChI is InChI=1S/C15H26N4O2/c1-5-16-13-17-14(20-10(2)3)19-15(18-13)21-12-8-6-7-11(4)9-12/h10-12H,5-9H2,1-4H3,(H,16,17,18,19). The van der Waals surface area contributed by atoms with E-state index in [-0.39, 0.29) is 12.2 Å². The number of anilines is 1. The Labute approximate surface area is 126 Å². The molecule has 1 aromatic heterocycles. The van der Waals surface area contributed by atoms with Crippen molar-refractivity contribution >= 4 is 5.95 Å². The van der Waals surface area contributed by atoms with E-state index < -0.39 is 0 Å². The molecule has 0 aromatic carbocycles. The minimum atomic E-state index is 0.0180. The molecule has 1 aliphatic rings. The van der Waals surface area contributed by atoms with E-state index in [2.05, 4.69) is 27.2 Å². The van der Waals surface area contributed by atoms with Crippen LogP contribution in [0.15, 0.2) is 0 Å². The number of ether oxygens (including phenoxy) is 2. The maximum atomic E-state index is 5.95. The summed E-state index contributed by atoms with van der Waals surface area (Å²) in [4.78, 5) is 12.8. The molecule has 1 saturated carbocycles. The predicted octanol–water partition coefficient (Wildman–Crippen LogP) is 3.05. The molecule has 0 spiro atoms. The van der Waals surface area contributed by atoms with Crippen LogP contribution < -0.4 is 14.8 Å². The molecule has 0 saturated heterocycles. The maximum absolute atomic E-state index is 5.95. The average molecular weight is 294 g/mol. The summed E-state index contributed by atoms with van der Waals surface area (Å²) < 4.78 is 11.5. The van der Waals surface area contributed by atoms with Crippen molar-refractivity contribution in [3.8, 4) is 12.0 Å². The van der Waals surface area contributed by atoms with Crippen LogP contribution in [0.2, 0.25) is 0 Å². The number of hydrogen-bond donors (Lipinski definition) is 1. The Balaban J connectivity index is 2.10. The van der Waals surface area contributed by atoms with Crippen molar-refractivity contribution < 1.29 is 9.47 Å². The molecular formula is C15H26N4O2. The zero-order chi connectivity index (χ0) is 15.2. The van der Waals surface area contributed by atoms with Crippen LogP contribution in [0.25, 0.3) is 0 Å².